The maximum Gasteiger partial charge on any atom is 0.426 e. The molecule has 0 radical (unpaired) electrons. The molecule has 4 N–H and O–H groups in total. The molecule has 14 rings (SSSR count). The second-order valence-electron chi connectivity index (χ2n) is 33.4. The summed E-state index contributed by atoms with van der Waals surface area (Å²) in [6.45, 7) is 82.0. The van der Waals surface area contributed by atoms with Crippen molar-refractivity contribution in [1.82, 2.24) is 20.4 Å². The van der Waals surface area contributed by atoms with E-state index < -0.39 is 59.7 Å². The third-order valence-electron chi connectivity index (χ3n) is 21.8. The van der Waals surface area contributed by atoms with E-state index in [1.54, 1.807) is 134 Å². The maximum atomic E-state index is 14.4. The molecule has 0 aliphatic heterocycles. The number of aromatic nitrogens is 4. The minimum Gasteiger partial charge on any atom is -0.480 e. The van der Waals surface area contributed by atoms with Gasteiger partial charge in [0.1, 0.15) is 39.4 Å². The van der Waals surface area contributed by atoms with Crippen molar-refractivity contribution in [1.29, 1.82) is 0 Å². The summed E-state index contributed by atoms with van der Waals surface area (Å²) in [5.74, 6) is -1.45. The number of hydrogen-bond acceptors (Lipinski definition) is 8. The quantitative estimate of drug-likeness (QED) is 0.0751. The number of alkyl halides is 12. The first-order valence-corrected chi connectivity index (χ1v) is 50.2. The van der Waals surface area contributed by atoms with Gasteiger partial charge in [0.05, 0.1) is 45.7 Å². The molecule has 10 aromatic rings. The zero-order valence-electron chi connectivity index (χ0n) is 93.7. The van der Waals surface area contributed by atoms with Crippen LogP contribution in [0.15, 0.2) is 135 Å². The molecule has 4 unspecified atom stereocenters. The van der Waals surface area contributed by atoms with Crippen LogP contribution in [0, 0.1) is 252 Å². The molecule has 2 aromatic heterocycles. The number of ether oxygens (including phenoxy) is 1. The van der Waals surface area contributed by atoms with E-state index in [0.717, 1.165) is 86.9 Å². The summed E-state index contributed by atoms with van der Waals surface area (Å²) in [6, 6.07) is 25.1. The number of aliphatic carboxylic acids is 1. The zero-order valence-corrected chi connectivity index (χ0v) is 119. The summed E-state index contributed by atoms with van der Waals surface area (Å²) in [4.78, 5) is 20.6. The molecule has 0 amide bonds. The van der Waals surface area contributed by atoms with E-state index in [1.165, 1.54) is 36.4 Å². The summed E-state index contributed by atoms with van der Waals surface area (Å²) >= 11 is 4.26. The van der Waals surface area contributed by atoms with Gasteiger partial charge >= 0.3 is 30.7 Å². The monoisotopic (exact) mass is 3390 g/mol. The van der Waals surface area contributed by atoms with Crippen LogP contribution in [-0.4, -0.2) is 119 Å². The van der Waals surface area contributed by atoms with Crippen molar-refractivity contribution in [3.63, 3.8) is 0 Å². The largest absolute Gasteiger partial charge is 0.480 e. The van der Waals surface area contributed by atoms with Crippen LogP contribution in [0.25, 0.3) is 44.5 Å². The third kappa shape index (κ3) is 40.3. The van der Waals surface area contributed by atoms with Crippen molar-refractivity contribution in [3.8, 4) is 44.5 Å². The van der Waals surface area contributed by atoms with E-state index in [9.17, 15) is 72.8 Å². The number of rotatable bonds is 5. The SMILES string of the molecule is C.C.CB(C)C.CB(C)C.CB(C)C.CC.CC.CC.CC.CC.CC.CC.CC.CCc1c(C)c(C)c(C)c2c1-c1ccccc1C2(O)C(F)(F)F.CCc1c(C)c(C)c(C)c2c1-c1ccccc1C2(O)C(F)(F)F.CN(C)C.Cc1c(C)c(C)c2c(c1C)-c1ccccc1C2(O)C(F)(F)F.Cc1c(C)c(C)c2c(c1C)-c1ccccc1C2(OCC(=O)O)C(F)(F)F.In1ccnc1.In1ccnc1.[U].[U].[U].[U].[U]. The Morgan fingerprint density at radius 2 is 0.538 bits per heavy atom. The van der Waals surface area contributed by atoms with Crippen molar-refractivity contribution in [3.05, 3.63) is 268 Å². The predicted molar refractivity (Wildman–Crippen MR) is 597 cm³/mol. The molecular weight excluding hydrogens is 3220 g/mol. The summed E-state index contributed by atoms with van der Waals surface area (Å²) < 4.78 is 177. The van der Waals surface area contributed by atoms with Crippen molar-refractivity contribution >= 4 is 71.8 Å². The number of hydrogen-bond donors (Lipinski definition) is 4. The Bertz CT molecular complexity index is 5140. The predicted octanol–water partition coefficient (Wildman–Crippen LogP) is 35.3. The van der Waals surface area contributed by atoms with E-state index in [0.29, 0.717) is 79.6 Å². The number of fused-ring (bicyclic) bond motifs is 12. The van der Waals surface area contributed by atoms with Crippen LogP contribution >= 0.6 is 45.7 Å². The van der Waals surface area contributed by atoms with Crippen molar-refractivity contribution in [2.24, 2.45) is 0 Å². The van der Waals surface area contributed by atoms with Gasteiger partial charge in [0.15, 0.2) is 0 Å². The van der Waals surface area contributed by atoms with Gasteiger partial charge in [-0.2, -0.15) is 52.7 Å². The summed E-state index contributed by atoms with van der Waals surface area (Å²) in [6.07, 6.45) is -7.18. The Morgan fingerprint density at radius 1 is 0.345 bits per heavy atom. The number of benzene rings is 8. The van der Waals surface area contributed by atoms with E-state index in [-0.39, 0.29) is 215 Å². The Balaban J connectivity index is -0.000000159. The molecule has 4 atom stereocenters. The summed E-state index contributed by atoms with van der Waals surface area (Å²) in [5, 5.41) is 41.4. The van der Waals surface area contributed by atoms with E-state index in [2.05, 4.69) is 117 Å². The molecule has 33 heteroatoms. The fourth-order valence-corrected chi connectivity index (χ4v) is 16.3. The fourth-order valence-electron chi connectivity index (χ4n) is 15.7. The first-order chi connectivity index (χ1) is 64.2. The molecule has 0 spiro atoms. The van der Waals surface area contributed by atoms with Gasteiger partial charge in [-0.3, -0.25) is 5.56 Å². The van der Waals surface area contributed by atoms with Gasteiger partial charge in [-0.05, 0) is 264 Å². The van der Waals surface area contributed by atoms with Crippen LogP contribution in [0.4, 0.5) is 52.7 Å². The smallest absolute Gasteiger partial charge is 0.426 e. The van der Waals surface area contributed by atoms with E-state index >= 15 is 0 Å². The van der Waals surface area contributed by atoms with Crippen LogP contribution in [0.3, 0.4) is 0 Å². The van der Waals surface area contributed by atoms with Gasteiger partial charge in [-0.15, -0.1) is 0 Å². The van der Waals surface area contributed by atoms with Gasteiger partial charge in [-0.1, -0.05) is 298 Å². The zero-order chi connectivity index (χ0) is 109. The second-order valence-corrected chi connectivity index (χ2v) is 35.7. The minimum atomic E-state index is -4.82. The van der Waals surface area contributed by atoms with Gasteiger partial charge < -0.3 is 30.1 Å². The van der Waals surface area contributed by atoms with Crippen LogP contribution in [0.2, 0.25) is 61.4 Å². The number of halogens is 14. The van der Waals surface area contributed by atoms with Gasteiger partial charge in [0.25, 0.3) is 0 Å². The Morgan fingerprint density at radius 3 is 0.738 bits per heavy atom. The second kappa shape index (κ2) is 77.0. The number of aliphatic hydroxyl groups is 3. The molecule has 808 valence electrons. The molecule has 0 bridgehead atoms. The van der Waals surface area contributed by atoms with Crippen LogP contribution in [0.1, 0.15) is 273 Å². The summed E-state index contributed by atoms with van der Waals surface area (Å²) in [7, 11) is 6.00. The standard InChI is InChI=1S/C20H19F3O3.2C19H19F3O.C18H17F3O.3C3H9B.2C3H3IN2.C3H9N.8C2H6.2CH4.5U/c1-10-11(2)13(4)18-17(12(10)3)14-7-5-6-8-15(14)19(18,20(21,22)23)26-9-16(24)25;2*1-5-13-11(3)10(2)12(4)17-16(13)14-8-6-7-9-15(14)18(17,23)19(20,21)22;1-9-10(2)12(4)16-15(11(9)3)13-7-5-6-8-14(13)17(16,22)18(19,20)21;3*1-4(2)3;2*4-6-2-1-5-3-6;1-4(2)3;8*1-2;;;;;;;/h5-8H,9H2,1-4H3,(H,24,25);2*6-9,23H,5H2,1-4H3;5-8,22H,1-4H3;3*1-3H3;2*1-3H;1-3H3;8*1-2H3;2*1H4;;;;;. The fraction of sp³-hybridized carbons (Fsp3) is 0.509. The number of nitrogens with zero attached hydrogens (tertiary/aromatic N) is 5. The van der Waals surface area contributed by atoms with Crippen LogP contribution in [-0.2, 0) is 44.8 Å². The van der Waals surface area contributed by atoms with Gasteiger partial charge in [-0.25, -0.2) is 14.8 Å². The molecule has 0 fully saturated rings. The molecule has 4 aliphatic carbocycles. The van der Waals surface area contributed by atoms with Crippen molar-refractivity contribution in [2.75, 3.05) is 27.7 Å². The van der Waals surface area contributed by atoms with E-state index in [4.69, 9.17) is 9.84 Å². The molecule has 8 aromatic carbocycles. The number of carboxylic acid groups (broad SMARTS) is 1. The maximum absolute atomic E-state index is 14.4. The Kier molecular flexibility index (Phi) is 87.6. The topological polar surface area (TPSA) is 146 Å². The van der Waals surface area contributed by atoms with Crippen LogP contribution < -0.4 is 0 Å². The molecule has 2 heterocycles. The Labute approximate surface area is 1020 Å². The third-order valence-corrected chi connectivity index (χ3v) is 23.0. The minimum absolute atomic E-state index is 0. The first-order valence-electron chi connectivity index (χ1n) is 48.3. The normalized spacial score (nSPS) is 14.5. The van der Waals surface area contributed by atoms with Crippen molar-refractivity contribution < 1.29 is 238 Å². The first kappa shape index (κ1) is 165. The number of imidazole rings is 2. The molecule has 0 saturated carbocycles. The molecule has 4 aliphatic rings. The molecule has 0 saturated heterocycles. The molecule has 11 nitrogen and oxygen atoms in total. The average Bonchev–Trinajstić information content (AvgIpc) is 1.53. The van der Waals surface area contributed by atoms with E-state index in [1.807, 2.05) is 217 Å². The number of carbonyl (C=O) groups is 1. The molecular formula is C112H172B3F12I2N5O6U5. The van der Waals surface area contributed by atoms with Crippen LogP contribution in [0.5, 0.6) is 0 Å². The van der Waals surface area contributed by atoms with Crippen molar-refractivity contribution in [2.45, 2.75) is 358 Å². The molecule has 145 heavy (non-hydrogen) atoms. The van der Waals surface area contributed by atoms with Gasteiger partial charge in [0.2, 0.25) is 22.4 Å². The summed E-state index contributed by atoms with van der Waals surface area (Å²) in [5.41, 5.74) is 4.59. The van der Waals surface area contributed by atoms with Gasteiger partial charge in [0, 0.05) is 225 Å². The number of carboxylic acids is 1. The Hall–Kier alpha value is -2.48. The average molecular weight is 3390 g/mol.